The first-order chi connectivity index (χ1) is 10.2. The first-order valence-electron chi connectivity index (χ1n) is 7.99. The minimum atomic E-state index is 0.0436. The molecule has 2 fully saturated rings. The molecule has 0 bridgehead atoms. The van der Waals surface area contributed by atoms with Gasteiger partial charge in [0.1, 0.15) is 0 Å². The Labute approximate surface area is 126 Å². The van der Waals surface area contributed by atoms with Crippen LogP contribution in [-0.2, 0) is 10.2 Å². The maximum absolute atomic E-state index is 5.68. The molecule has 3 rings (SSSR count). The Morgan fingerprint density at radius 2 is 2.24 bits per heavy atom. The lowest BCUT2D eigenvalue weighted by atomic mass is 9.83. The summed E-state index contributed by atoms with van der Waals surface area (Å²) in [5, 5.41) is 7.68. The van der Waals surface area contributed by atoms with E-state index in [1.807, 2.05) is 0 Å². The average Bonchev–Trinajstić information content (AvgIpc) is 3.15. The lowest BCUT2D eigenvalue weighted by Gasteiger charge is -2.30. The van der Waals surface area contributed by atoms with Crippen LogP contribution >= 0.6 is 0 Å². The van der Waals surface area contributed by atoms with Gasteiger partial charge in [-0.25, -0.2) is 0 Å². The molecular formula is C15H26N4O2. The maximum Gasteiger partial charge on any atom is 0.233 e. The second-order valence-corrected chi connectivity index (χ2v) is 6.39. The van der Waals surface area contributed by atoms with E-state index in [1.54, 1.807) is 7.11 Å². The third-order valence-electron chi connectivity index (χ3n) is 5.05. The summed E-state index contributed by atoms with van der Waals surface area (Å²) in [7, 11) is 3.88. The molecule has 1 aliphatic carbocycles. The molecule has 0 aromatic carbocycles. The van der Waals surface area contributed by atoms with Crippen molar-refractivity contribution in [3.8, 4) is 0 Å². The number of hydrogen-bond acceptors (Lipinski definition) is 6. The fraction of sp³-hybridized carbons (Fsp3) is 0.867. The number of methoxy groups -OCH3 is 1. The second-order valence-electron chi connectivity index (χ2n) is 6.39. The molecule has 21 heavy (non-hydrogen) atoms. The smallest absolute Gasteiger partial charge is 0.233 e. The maximum atomic E-state index is 5.68. The first kappa shape index (κ1) is 14.9. The molecule has 1 aliphatic heterocycles. The van der Waals surface area contributed by atoms with E-state index in [9.17, 15) is 0 Å². The van der Waals surface area contributed by atoms with Gasteiger partial charge >= 0.3 is 0 Å². The zero-order chi connectivity index (χ0) is 14.7. The number of aromatic nitrogens is 2. The zero-order valence-electron chi connectivity index (χ0n) is 13.1. The van der Waals surface area contributed by atoms with Crippen LogP contribution in [0.25, 0.3) is 0 Å². The van der Waals surface area contributed by atoms with Crippen LogP contribution in [0.2, 0.25) is 0 Å². The van der Waals surface area contributed by atoms with E-state index in [1.165, 1.54) is 12.8 Å². The molecule has 6 heteroatoms. The number of nitrogens with one attached hydrogen (secondary N) is 1. The van der Waals surface area contributed by atoms with Crippen LogP contribution in [0.3, 0.4) is 0 Å². The molecule has 0 spiro atoms. The van der Waals surface area contributed by atoms with Gasteiger partial charge in [-0.1, -0.05) is 18.0 Å². The Hall–Kier alpha value is -0.980. The number of likely N-dealkylation sites (N-methyl/N-ethyl adjacent to an activating group) is 1. The van der Waals surface area contributed by atoms with Crippen molar-refractivity contribution in [3.63, 3.8) is 0 Å². The average molecular weight is 294 g/mol. The van der Waals surface area contributed by atoms with E-state index in [2.05, 4.69) is 22.4 Å². The summed E-state index contributed by atoms with van der Waals surface area (Å²) in [6.07, 6.45) is 5.73. The van der Waals surface area contributed by atoms with Crippen LogP contribution in [0.15, 0.2) is 4.52 Å². The Morgan fingerprint density at radius 1 is 1.43 bits per heavy atom. The van der Waals surface area contributed by atoms with Crippen LogP contribution in [0.4, 0.5) is 0 Å². The van der Waals surface area contributed by atoms with Gasteiger partial charge in [0.2, 0.25) is 5.89 Å². The summed E-state index contributed by atoms with van der Waals surface area (Å²) in [6, 6.07) is 0.220. The van der Waals surface area contributed by atoms with Gasteiger partial charge in [0.25, 0.3) is 0 Å². The predicted octanol–water partition coefficient (Wildman–Crippen LogP) is 1.49. The highest BCUT2D eigenvalue weighted by Gasteiger charge is 2.41. The molecule has 118 valence electrons. The van der Waals surface area contributed by atoms with Crippen molar-refractivity contribution in [2.75, 3.05) is 40.4 Å². The SMILES string of the molecule is COCCC1(c2nc(C3CNCCN3C)no2)CCCC1. The summed E-state index contributed by atoms with van der Waals surface area (Å²) in [5.41, 5.74) is 0.0436. The van der Waals surface area contributed by atoms with Crippen molar-refractivity contribution >= 4 is 0 Å². The Bertz CT molecular complexity index is 456. The summed E-state index contributed by atoms with van der Waals surface area (Å²) in [6.45, 7) is 3.68. The number of rotatable bonds is 5. The number of piperazine rings is 1. The highest BCUT2D eigenvalue weighted by molar-refractivity contribution is 5.10. The summed E-state index contributed by atoms with van der Waals surface area (Å²) in [5.74, 6) is 1.65. The highest BCUT2D eigenvalue weighted by atomic mass is 16.5. The van der Waals surface area contributed by atoms with Crippen LogP contribution in [0, 0.1) is 0 Å². The van der Waals surface area contributed by atoms with Crippen molar-refractivity contribution in [1.29, 1.82) is 0 Å². The Kier molecular flexibility index (Phi) is 4.57. The fourth-order valence-corrected chi connectivity index (χ4v) is 3.60. The van der Waals surface area contributed by atoms with E-state index in [0.717, 1.165) is 57.2 Å². The van der Waals surface area contributed by atoms with Crippen LogP contribution in [-0.4, -0.2) is 55.4 Å². The third-order valence-corrected chi connectivity index (χ3v) is 5.05. The third kappa shape index (κ3) is 2.98. The van der Waals surface area contributed by atoms with Gasteiger partial charge in [-0.05, 0) is 26.3 Å². The summed E-state index contributed by atoms with van der Waals surface area (Å²) >= 11 is 0. The fourth-order valence-electron chi connectivity index (χ4n) is 3.60. The van der Waals surface area contributed by atoms with Gasteiger partial charge in [0.05, 0.1) is 11.5 Å². The van der Waals surface area contributed by atoms with E-state index < -0.39 is 0 Å². The van der Waals surface area contributed by atoms with Gasteiger partial charge in [-0.15, -0.1) is 0 Å². The van der Waals surface area contributed by atoms with E-state index in [0.29, 0.717) is 0 Å². The molecule has 1 aromatic heterocycles. The van der Waals surface area contributed by atoms with E-state index in [-0.39, 0.29) is 11.5 Å². The van der Waals surface area contributed by atoms with Crippen molar-refractivity contribution in [2.24, 2.45) is 0 Å². The topological polar surface area (TPSA) is 63.4 Å². The minimum absolute atomic E-state index is 0.0436. The molecule has 0 radical (unpaired) electrons. The minimum Gasteiger partial charge on any atom is -0.385 e. The largest absolute Gasteiger partial charge is 0.385 e. The van der Waals surface area contributed by atoms with Gasteiger partial charge in [0, 0.05) is 33.4 Å². The van der Waals surface area contributed by atoms with Crippen molar-refractivity contribution in [3.05, 3.63) is 11.7 Å². The quantitative estimate of drug-likeness (QED) is 0.888. The molecule has 1 saturated carbocycles. The van der Waals surface area contributed by atoms with Gasteiger partial charge < -0.3 is 14.6 Å². The Morgan fingerprint density at radius 3 is 2.95 bits per heavy atom. The summed E-state index contributed by atoms with van der Waals surface area (Å²) < 4.78 is 11.0. The molecule has 2 heterocycles. The molecule has 0 amide bonds. The highest BCUT2D eigenvalue weighted by Crippen LogP contribution is 2.43. The van der Waals surface area contributed by atoms with Crippen LogP contribution in [0.5, 0.6) is 0 Å². The zero-order valence-corrected chi connectivity index (χ0v) is 13.1. The second kappa shape index (κ2) is 6.42. The molecule has 1 N–H and O–H groups in total. The monoisotopic (exact) mass is 294 g/mol. The molecule has 6 nitrogen and oxygen atoms in total. The molecular weight excluding hydrogens is 268 g/mol. The van der Waals surface area contributed by atoms with Gasteiger partial charge in [-0.3, -0.25) is 4.90 Å². The molecule has 1 aromatic rings. The van der Waals surface area contributed by atoms with E-state index in [4.69, 9.17) is 14.2 Å². The van der Waals surface area contributed by atoms with Crippen molar-refractivity contribution in [1.82, 2.24) is 20.4 Å². The lowest BCUT2D eigenvalue weighted by Crippen LogP contribution is -2.44. The van der Waals surface area contributed by atoms with Crippen LogP contribution < -0.4 is 5.32 Å². The molecule has 1 atom stereocenters. The van der Waals surface area contributed by atoms with Gasteiger partial charge in [-0.2, -0.15) is 4.98 Å². The molecule has 1 unspecified atom stereocenters. The first-order valence-corrected chi connectivity index (χ1v) is 7.99. The summed E-state index contributed by atoms with van der Waals surface area (Å²) in [4.78, 5) is 7.07. The number of ether oxygens (including phenoxy) is 1. The van der Waals surface area contributed by atoms with Crippen LogP contribution in [0.1, 0.15) is 49.9 Å². The molecule has 1 saturated heterocycles. The normalized spacial score (nSPS) is 26.3. The van der Waals surface area contributed by atoms with E-state index >= 15 is 0 Å². The van der Waals surface area contributed by atoms with Gasteiger partial charge in [0.15, 0.2) is 5.82 Å². The molecule has 2 aliphatic rings. The standard InChI is InChI=1S/C15H26N4O2/c1-19-9-8-16-11-12(19)13-17-14(21-18-13)15(7-10-20-2)5-3-4-6-15/h12,16H,3-11H2,1-2H3. The predicted molar refractivity (Wildman–Crippen MR) is 79.2 cm³/mol. The number of hydrogen-bond donors (Lipinski definition) is 1. The van der Waals surface area contributed by atoms with Crippen molar-refractivity contribution < 1.29 is 9.26 Å². The van der Waals surface area contributed by atoms with Crippen molar-refractivity contribution in [2.45, 2.75) is 43.6 Å². The lowest BCUT2D eigenvalue weighted by molar-refractivity contribution is 0.152. The Balaban J connectivity index is 1.79. The number of nitrogens with zero attached hydrogens (tertiary/aromatic N) is 3.